The molecule has 6 heteroatoms. The maximum Gasteiger partial charge on any atom is 0.249 e. The summed E-state index contributed by atoms with van der Waals surface area (Å²) in [5, 5.41) is 9.90. The highest BCUT2D eigenvalue weighted by molar-refractivity contribution is 5.88. The van der Waals surface area contributed by atoms with E-state index >= 15 is 0 Å². The van der Waals surface area contributed by atoms with Crippen LogP contribution in [0.5, 0.6) is 0 Å². The van der Waals surface area contributed by atoms with Gasteiger partial charge in [0.25, 0.3) is 0 Å². The molecule has 2 amide bonds. The Morgan fingerprint density at radius 1 is 1.20 bits per heavy atom. The van der Waals surface area contributed by atoms with E-state index in [2.05, 4.69) is 24.0 Å². The Kier molecular flexibility index (Phi) is 6.40. The second kappa shape index (κ2) is 9.20. The molecule has 3 aliphatic rings. The molecule has 2 aliphatic heterocycles. The van der Waals surface area contributed by atoms with Crippen molar-refractivity contribution < 1.29 is 19.4 Å². The number of nitrogens with zero attached hydrogens (tertiary/aromatic N) is 2. The fourth-order valence-electron chi connectivity index (χ4n) is 5.13. The average molecular weight is 411 g/mol. The van der Waals surface area contributed by atoms with Crippen LogP contribution < -0.4 is 0 Å². The summed E-state index contributed by atoms with van der Waals surface area (Å²) in [6, 6.07) is 7.82. The van der Waals surface area contributed by atoms with Gasteiger partial charge in [-0.2, -0.15) is 0 Å². The standard InChI is InChI=1S/C24H30N2O4/c1-30-16-23(29)25-13-20-24(21(15-27)26(20)22(28)14-25)19-11-9-18(10-12-19)8-7-17-5-3-2-4-6-17/h9-12,17,20-21,24,27H,2-6,13-16H2,1H3/t20-,21-,24-/m0/s1. The first-order chi connectivity index (χ1) is 14.6. The molecule has 2 heterocycles. The highest BCUT2D eigenvalue weighted by atomic mass is 16.5. The predicted octanol–water partition coefficient (Wildman–Crippen LogP) is 1.76. The number of carbonyl (C=O) groups is 2. The van der Waals surface area contributed by atoms with Gasteiger partial charge in [-0.1, -0.05) is 43.2 Å². The summed E-state index contributed by atoms with van der Waals surface area (Å²) in [6.45, 7) is 0.417. The predicted molar refractivity (Wildman–Crippen MR) is 113 cm³/mol. The SMILES string of the molecule is COCC(=O)N1CC(=O)N2[C@@H](CO)[C@@H](c3ccc(C#CC4CCCCC4)cc3)[C@@H]2C1. The molecule has 1 aromatic rings. The molecule has 1 aromatic carbocycles. The molecule has 2 saturated heterocycles. The van der Waals surface area contributed by atoms with E-state index < -0.39 is 0 Å². The number of hydrogen-bond donors (Lipinski definition) is 1. The third-order valence-electron chi connectivity index (χ3n) is 6.69. The van der Waals surface area contributed by atoms with Gasteiger partial charge >= 0.3 is 0 Å². The Hall–Kier alpha value is -2.36. The van der Waals surface area contributed by atoms with E-state index in [0.717, 1.165) is 11.1 Å². The van der Waals surface area contributed by atoms with E-state index in [1.54, 1.807) is 9.80 Å². The van der Waals surface area contributed by atoms with Gasteiger partial charge in [0.05, 0.1) is 25.2 Å². The van der Waals surface area contributed by atoms with Crippen molar-refractivity contribution in [1.29, 1.82) is 0 Å². The van der Waals surface area contributed by atoms with Crippen LogP contribution >= 0.6 is 0 Å². The molecule has 160 valence electrons. The summed E-state index contributed by atoms with van der Waals surface area (Å²) in [5.74, 6) is 6.97. The topological polar surface area (TPSA) is 70.1 Å². The maximum absolute atomic E-state index is 12.6. The smallest absolute Gasteiger partial charge is 0.249 e. The van der Waals surface area contributed by atoms with Crippen LogP contribution in [0, 0.1) is 17.8 Å². The monoisotopic (exact) mass is 410 g/mol. The molecule has 0 spiro atoms. The molecule has 4 rings (SSSR count). The summed E-state index contributed by atoms with van der Waals surface area (Å²) in [5.41, 5.74) is 2.07. The van der Waals surface area contributed by atoms with Crippen LogP contribution in [0.15, 0.2) is 24.3 Å². The van der Waals surface area contributed by atoms with Crippen LogP contribution in [0.4, 0.5) is 0 Å². The van der Waals surface area contributed by atoms with Gasteiger partial charge in [0.2, 0.25) is 11.8 Å². The summed E-state index contributed by atoms with van der Waals surface area (Å²) in [6.07, 6.45) is 6.30. The number of rotatable bonds is 4. The summed E-state index contributed by atoms with van der Waals surface area (Å²) < 4.78 is 4.94. The van der Waals surface area contributed by atoms with Gasteiger partial charge in [-0.05, 0) is 30.5 Å². The number of amides is 2. The lowest BCUT2D eigenvalue weighted by atomic mass is 9.73. The number of hydrogen-bond acceptors (Lipinski definition) is 4. The summed E-state index contributed by atoms with van der Waals surface area (Å²) in [7, 11) is 1.47. The minimum Gasteiger partial charge on any atom is -0.394 e. The molecule has 3 fully saturated rings. The number of aliphatic hydroxyl groups excluding tert-OH is 1. The van der Waals surface area contributed by atoms with Crippen molar-refractivity contribution in [2.75, 3.05) is 33.4 Å². The number of fused-ring (bicyclic) bond motifs is 1. The lowest BCUT2D eigenvalue weighted by Gasteiger charge is -2.58. The first-order valence-electron chi connectivity index (χ1n) is 10.9. The Bertz CT molecular complexity index is 835. The van der Waals surface area contributed by atoms with E-state index in [1.165, 1.54) is 39.2 Å². The van der Waals surface area contributed by atoms with Gasteiger partial charge in [-0.15, -0.1) is 0 Å². The lowest BCUT2D eigenvalue weighted by Crippen LogP contribution is -2.73. The number of benzene rings is 1. The minimum atomic E-state index is -0.235. The van der Waals surface area contributed by atoms with Crippen molar-refractivity contribution in [3.63, 3.8) is 0 Å². The van der Waals surface area contributed by atoms with E-state index in [9.17, 15) is 14.7 Å². The Morgan fingerprint density at radius 2 is 1.93 bits per heavy atom. The molecule has 30 heavy (non-hydrogen) atoms. The van der Waals surface area contributed by atoms with Gasteiger partial charge in [0.1, 0.15) is 6.61 Å². The second-order valence-electron chi connectivity index (χ2n) is 8.58. The van der Waals surface area contributed by atoms with E-state index in [1.807, 2.05) is 12.1 Å². The second-order valence-corrected chi connectivity index (χ2v) is 8.58. The van der Waals surface area contributed by atoms with Crippen molar-refractivity contribution >= 4 is 11.8 Å². The summed E-state index contributed by atoms with van der Waals surface area (Å²) >= 11 is 0. The van der Waals surface area contributed by atoms with Gasteiger partial charge < -0.3 is 19.6 Å². The highest BCUT2D eigenvalue weighted by Crippen LogP contribution is 2.42. The zero-order valence-corrected chi connectivity index (χ0v) is 17.5. The molecule has 1 saturated carbocycles. The number of ether oxygens (including phenoxy) is 1. The third-order valence-corrected chi connectivity index (χ3v) is 6.69. The van der Waals surface area contributed by atoms with E-state index in [0.29, 0.717) is 12.5 Å². The normalized spacial score (nSPS) is 26.5. The zero-order valence-electron chi connectivity index (χ0n) is 17.5. The van der Waals surface area contributed by atoms with E-state index in [-0.39, 0.29) is 49.6 Å². The van der Waals surface area contributed by atoms with Crippen molar-refractivity contribution in [2.45, 2.75) is 50.1 Å². The Morgan fingerprint density at radius 3 is 2.60 bits per heavy atom. The van der Waals surface area contributed by atoms with E-state index in [4.69, 9.17) is 4.74 Å². The van der Waals surface area contributed by atoms with Crippen LogP contribution in [0.25, 0.3) is 0 Å². The lowest BCUT2D eigenvalue weighted by molar-refractivity contribution is -0.168. The number of aliphatic hydroxyl groups is 1. The average Bonchev–Trinajstić information content (AvgIpc) is 2.75. The van der Waals surface area contributed by atoms with Crippen LogP contribution in [0.3, 0.4) is 0 Å². The van der Waals surface area contributed by atoms with Gasteiger partial charge in [-0.3, -0.25) is 9.59 Å². The quantitative estimate of drug-likeness (QED) is 0.768. The molecule has 0 radical (unpaired) electrons. The number of piperazine rings is 1. The van der Waals surface area contributed by atoms with Gasteiger partial charge in [-0.25, -0.2) is 0 Å². The van der Waals surface area contributed by atoms with Crippen molar-refractivity contribution in [3.8, 4) is 11.8 Å². The van der Waals surface area contributed by atoms with Crippen molar-refractivity contribution in [3.05, 3.63) is 35.4 Å². The fraction of sp³-hybridized carbons (Fsp3) is 0.583. The highest BCUT2D eigenvalue weighted by Gasteiger charge is 2.54. The minimum absolute atomic E-state index is 0.0115. The number of methoxy groups -OCH3 is 1. The maximum atomic E-state index is 12.6. The number of carbonyl (C=O) groups excluding carboxylic acids is 2. The van der Waals surface area contributed by atoms with Gasteiger partial charge in [0.15, 0.2) is 0 Å². The fourth-order valence-corrected chi connectivity index (χ4v) is 5.13. The Balaban J connectivity index is 1.47. The Labute approximate surface area is 178 Å². The molecular formula is C24H30N2O4. The van der Waals surface area contributed by atoms with Crippen LogP contribution in [-0.4, -0.2) is 72.2 Å². The molecule has 0 bridgehead atoms. The molecule has 6 nitrogen and oxygen atoms in total. The molecule has 1 N–H and O–H groups in total. The van der Waals surface area contributed by atoms with Gasteiger partial charge in [0, 0.05) is 31.1 Å². The molecule has 3 atom stereocenters. The molecule has 1 aliphatic carbocycles. The summed E-state index contributed by atoms with van der Waals surface area (Å²) in [4.78, 5) is 28.1. The van der Waals surface area contributed by atoms with Crippen LogP contribution in [-0.2, 0) is 14.3 Å². The molecular weight excluding hydrogens is 380 g/mol. The first kappa shape index (κ1) is 20.9. The first-order valence-corrected chi connectivity index (χ1v) is 10.9. The largest absolute Gasteiger partial charge is 0.394 e. The molecule has 0 aromatic heterocycles. The van der Waals surface area contributed by atoms with Crippen molar-refractivity contribution in [1.82, 2.24) is 9.80 Å². The molecule has 0 unspecified atom stereocenters. The van der Waals surface area contributed by atoms with Crippen LogP contribution in [0.2, 0.25) is 0 Å². The zero-order chi connectivity index (χ0) is 21.1. The third kappa shape index (κ3) is 4.10. The van der Waals surface area contributed by atoms with Crippen molar-refractivity contribution in [2.24, 2.45) is 5.92 Å². The van der Waals surface area contributed by atoms with Crippen LogP contribution in [0.1, 0.15) is 49.1 Å².